The summed E-state index contributed by atoms with van der Waals surface area (Å²) in [6.07, 6.45) is 1.42. The molecule has 0 bridgehead atoms. The summed E-state index contributed by atoms with van der Waals surface area (Å²) in [4.78, 5) is 29.2. The van der Waals surface area contributed by atoms with Crippen LogP contribution in [-0.2, 0) is 6.54 Å². The highest BCUT2D eigenvalue weighted by Gasteiger charge is 2.19. The van der Waals surface area contributed by atoms with Crippen LogP contribution in [0.15, 0.2) is 45.8 Å². The van der Waals surface area contributed by atoms with Crippen LogP contribution >= 0.6 is 0 Å². The molecule has 3 rings (SSSR count). The van der Waals surface area contributed by atoms with E-state index in [9.17, 15) is 14.7 Å². The van der Waals surface area contributed by atoms with E-state index in [1.807, 2.05) is 26.0 Å². The fraction of sp³-hybridized carbons (Fsp3) is 0.263. The molecule has 2 aromatic heterocycles. The number of aromatic nitrogens is 1. The number of H-pyrrole nitrogens is 1. The number of hydrogen-bond donors (Lipinski definition) is 2. The van der Waals surface area contributed by atoms with Crippen molar-refractivity contribution < 1.29 is 14.3 Å². The zero-order valence-electron chi connectivity index (χ0n) is 14.2. The fourth-order valence-electron chi connectivity index (χ4n) is 2.98. The zero-order valence-corrected chi connectivity index (χ0v) is 14.2. The van der Waals surface area contributed by atoms with Gasteiger partial charge in [-0.2, -0.15) is 0 Å². The van der Waals surface area contributed by atoms with E-state index in [4.69, 9.17) is 4.42 Å². The van der Waals surface area contributed by atoms with E-state index in [0.29, 0.717) is 5.56 Å². The number of fused-ring (bicyclic) bond motifs is 1. The minimum Gasteiger partial charge on any atom is -0.459 e. The number of nitrogens with one attached hydrogen (secondary N) is 1. The summed E-state index contributed by atoms with van der Waals surface area (Å²) in [7, 11) is 0. The van der Waals surface area contributed by atoms with E-state index in [1.165, 1.54) is 11.2 Å². The standard InChI is InChI=1S/C19H20N2O4/c1-12-8-13(2)17-14(9-12)10-15(18(23)20-17)11-21(5-6-22)19(24)16-4-3-7-25-16/h3-4,7-10,22H,5-6,11H2,1-2H3,(H,20,23). The topological polar surface area (TPSA) is 86.5 Å². The van der Waals surface area contributed by atoms with Crippen molar-refractivity contribution in [3.8, 4) is 0 Å². The third-order valence-corrected chi connectivity index (χ3v) is 4.12. The highest BCUT2D eigenvalue weighted by Crippen LogP contribution is 2.19. The second-order valence-corrected chi connectivity index (χ2v) is 6.10. The molecule has 6 heteroatoms. The molecule has 1 aromatic carbocycles. The van der Waals surface area contributed by atoms with Gasteiger partial charge in [0.05, 0.1) is 24.9 Å². The normalized spacial score (nSPS) is 11.0. The number of aliphatic hydroxyl groups is 1. The predicted octanol–water partition coefficient (Wildman–Crippen LogP) is 2.37. The van der Waals surface area contributed by atoms with Crippen LogP contribution in [0.2, 0.25) is 0 Å². The van der Waals surface area contributed by atoms with Gasteiger partial charge in [0.25, 0.3) is 11.5 Å². The first-order chi connectivity index (χ1) is 12.0. The van der Waals surface area contributed by atoms with Crippen LogP contribution in [-0.4, -0.2) is 34.0 Å². The van der Waals surface area contributed by atoms with Gasteiger partial charge >= 0.3 is 0 Å². The summed E-state index contributed by atoms with van der Waals surface area (Å²) in [5.74, 6) is -0.184. The summed E-state index contributed by atoms with van der Waals surface area (Å²) < 4.78 is 5.13. The van der Waals surface area contributed by atoms with Crippen molar-refractivity contribution in [2.24, 2.45) is 0 Å². The molecule has 0 saturated carbocycles. The van der Waals surface area contributed by atoms with Crippen molar-refractivity contribution in [1.29, 1.82) is 0 Å². The average Bonchev–Trinajstić information content (AvgIpc) is 3.09. The Hall–Kier alpha value is -2.86. The predicted molar refractivity (Wildman–Crippen MR) is 94.6 cm³/mol. The Labute approximate surface area is 144 Å². The molecule has 2 heterocycles. The van der Waals surface area contributed by atoms with E-state index in [1.54, 1.807) is 18.2 Å². The number of carbonyl (C=O) groups excluding carboxylic acids is 1. The van der Waals surface area contributed by atoms with E-state index in [-0.39, 0.29) is 36.9 Å². The molecule has 6 nitrogen and oxygen atoms in total. The van der Waals surface area contributed by atoms with Gasteiger partial charge in [-0.25, -0.2) is 0 Å². The monoisotopic (exact) mass is 340 g/mol. The molecular formula is C19H20N2O4. The van der Waals surface area contributed by atoms with E-state index in [0.717, 1.165) is 22.0 Å². The third kappa shape index (κ3) is 3.49. The number of pyridine rings is 1. The maximum atomic E-state index is 12.5. The summed E-state index contributed by atoms with van der Waals surface area (Å²) >= 11 is 0. The smallest absolute Gasteiger partial charge is 0.289 e. The lowest BCUT2D eigenvalue weighted by atomic mass is 10.1. The van der Waals surface area contributed by atoms with Crippen LogP contribution in [0, 0.1) is 13.8 Å². The Morgan fingerprint density at radius 1 is 1.28 bits per heavy atom. The maximum Gasteiger partial charge on any atom is 0.289 e. The summed E-state index contributed by atoms with van der Waals surface area (Å²) in [6, 6.07) is 8.99. The quantitative estimate of drug-likeness (QED) is 0.746. The number of carbonyl (C=O) groups is 1. The van der Waals surface area contributed by atoms with Crippen LogP contribution in [0.3, 0.4) is 0 Å². The summed E-state index contributed by atoms with van der Waals surface area (Å²) in [5, 5.41) is 10.2. The van der Waals surface area contributed by atoms with Crippen molar-refractivity contribution in [1.82, 2.24) is 9.88 Å². The number of amides is 1. The molecule has 0 spiro atoms. The maximum absolute atomic E-state index is 12.5. The van der Waals surface area contributed by atoms with Crippen LogP contribution in [0.5, 0.6) is 0 Å². The van der Waals surface area contributed by atoms with E-state index < -0.39 is 0 Å². The van der Waals surface area contributed by atoms with Gasteiger partial charge in [-0.3, -0.25) is 9.59 Å². The van der Waals surface area contributed by atoms with E-state index in [2.05, 4.69) is 4.98 Å². The number of aromatic amines is 1. The van der Waals surface area contributed by atoms with Gasteiger partial charge in [-0.05, 0) is 49.1 Å². The average molecular weight is 340 g/mol. The molecular weight excluding hydrogens is 320 g/mol. The number of benzene rings is 1. The lowest BCUT2D eigenvalue weighted by Crippen LogP contribution is -2.34. The first-order valence-corrected chi connectivity index (χ1v) is 8.06. The second kappa shape index (κ2) is 6.94. The number of hydrogen-bond acceptors (Lipinski definition) is 4. The molecule has 3 aromatic rings. The van der Waals surface area contributed by atoms with Crippen molar-refractivity contribution >= 4 is 16.8 Å². The Bertz CT molecular complexity index is 957. The minimum atomic E-state index is -0.362. The molecule has 0 atom stereocenters. The molecule has 0 radical (unpaired) electrons. The van der Waals surface area contributed by atoms with Crippen molar-refractivity contribution in [3.05, 3.63) is 69.4 Å². The molecule has 130 valence electrons. The summed E-state index contributed by atoms with van der Waals surface area (Å²) in [6.45, 7) is 3.96. The van der Waals surface area contributed by atoms with Gasteiger partial charge in [0, 0.05) is 12.1 Å². The number of rotatable bonds is 5. The molecule has 0 fully saturated rings. The number of aryl methyl sites for hydroxylation is 2. The van der Waals surface area contributed by atoms with Crippen molar-refractivity contribution in [3.63, 3.8) is 0 Å². The third-order valence-electron chi connectivity index (χ3n) is 4.12. The van der Waals surface area contributed by atoms with Gasteiger partial charge in [0.2, 0.25) is 0 Å². The van der Waals surface area contributed by atoms with Gasteiger partial charge in [0.1, 0.15) is 0 Å². The number of furan rings is 1. The largest absolute Gasteiger partial charge is 0.459 e. The Morgan fingerprint density at radius 3 is 2.76 bits per heavy atom. The van der Waals surface area contributed by atoms with Crippen LogP contribution in [0.25, 0.3) is 10.9 Å². The fourth-order valence-corrected chi connectivity index (χ4v) is 2.98. The van der Waals surface area contributed by atoms with Crippen LogP contribution < -0.4 is 5.56 Å². The Balaban J connectivity index is 1.98. The zero-order chi connectivity index (χ0) is 18.0. The first-order valence-electron chi connectivity index (χ1n) is 8.06. The molecule has 25 heavy (non-hydrogen) atoms. The second-order valence-electron chi connectivity index (χ2n) is 6.10. The molecule has 0 saturated heterocycles. The van der Waals surface area contributed by atoms with Crippen molar-refractivity contribution in [2.45, 2.75) is 20.4 Å². The molecule has 0 aliphatic rings. The van der Waals surface area contributed by atoms with Crippen LogP contribution in [0.4, 0.5) is 0 Å². The minimum absolute atomic E-state index is 0.0956. The highest BCUT2D eigenvalue weighted by atomic mass is 16.3. The molecule has 0 aliphatic heterocycles. The van der Waals surface area contributed by atoms with Gasteiger partial charge in [0.15, 0.2) is 5.76 Å². The Kier molecular flexibility index (Phi) is 4.72. The first kappa shape index (κ1) is 17.0. The lowest BCUT2D eigenvalue weighted by molar-refractivity contribution is 0.0675. The van der Waals surface area contributed by atoms with Gasteiger partial charge in [-0.15, -0.1) is 0 Å². The Morgan fingerprint density at radius 2 is 2.08 bits per heavy atom. The SMILES string of the molecule is Cc1cc(C)c2[nH]c(=O)c(CN(CCO)C(=O)c3ccco3)cc2c1. The van der Waals surface area contributed by atoms with Crippen molar-refractivity contribution in [2.75, 3.05) is 13.2 Å². The molecule has 2 N–H and O–H groups in total. The lowest BCUT2D eigenvalue weighted by Gasteiger charge is -2.20. The van der Waals surface area contributed by atoms with Gasteiger partial charge < -0.3 is 19.4 Å². The van der Waals surface area contributed by atoms with Crippen LogP contribution in [0.1, 0.15) is 27.2 Å². The summed E-state index contributed by atoms with van der Waals surface area (Å²) in [5.41, 5.74) is 3.12. The number of nitrogens with zero attached hydrogens (tertiary/aromatic N) is 1. The highest BCUT2D eigenvalue weighted by molar-refractivity contribution is 5.91. The van der Waals surface area contributed by atoms with E-state index >= 15 is 0 Å². The molecule has 0 unspecified atom stereocenters. The van der Waals surface area contributed by atoms with Gasteiger partial charge in [-0.1, -0.05) is 11.6 Å². The molecule has 0 aliphatic carbocycles. The molecule has 1 amide bonds. The number of aliphatic hydroxyl groups excluding tert-OH is 1.